The molecule has 9 heteroatoms. The van der Waals surface area contributed by atoms with E-state index in [-0.39, 0.29) is 12.8 Å². The first-order valence-electron chi connectivity index (χ1n) is 12.1. The number of nitrogens with one attached hydrogen (secondary N) is 1. The Morgan fingerprint density at radius 1 is 1.18 bits per heavy atom. The first-order chi connectivity index (χ1) is 15.8. The van der Waals surface area contributed by atoms with Crippen molar-refractivity contribution in [1.29, 1.82) is 0 Å². The number of aromatic nitrogens is 2. The first-order valence-corrected chi connectivity index (χ1v) is 12.1. The van der Waals surface area contributed by atoms with Gasteiger partial charge >= 0.3 is 7.12 Å². The minimum atomic E-state index is -0.980. The largest absolute Gasteiger partial charge is 0.498 e. The first kappa shape index (κ1) is 25.0. The van der Waals surface area contributed by atoms with Crippen molar-refractivity contribution in [2.24, 2.45) is 0 Å². The molecular weight excluding hydrogens is 433 g/mol. The van der Waals surface area contributed by atoms with Crippen molar-refractivity contribution >= 4 is 24.1 Å². The van der Waals surface area contributed by atoms with Crippen LogP contribution in [0.2, 0.25) is 0 Å². The molecule has 2 aliphatic heterocycles. The third-order valence-corrected chi connectivity index (χ3v) is 6.72. The zero-order valence-corrected chi connectivity index (χ0v) is 21.5. The maximum absolute atomic E-state index is 10.2. The molecule has 0 aliphatic carbocycles. The van der Waals surface area contributed by atoms with E-state index in [4.69, 9.17) is 23.9 Å². The summed E-state index contributed by atoms with van der Waals surface area (Å²) in [6, 6.07) is 7.82. The average Bonchev–Trinajstić information content (AvgIpc) is 3.21. The molecule has 0 radical (unpaired) electrons. The van der Waals surface area contributed by atoms with Crippen LogP contribution < -0.4 is 15.5 Å². The maximum atomic E-state index is 10.2. The van der Waals surface area contributed by atoms with Gasteiger partial charge in [-0.1, -0.05) is 6.07 Å². The molecule has 8 nitrogen and oxygen atoms in total. The summed E-state index contributed by atoms with van der Waals surface area (Å²) in [5.74, 6) is 1.33. The Bertz CT molecular complexity index is 992. The fraction of sp³-hybridized carbons (Fsp3) is 0.640. The number of hydrogen-bond donors (Lipinski definition) is 2. The van der Waals surface area contributed by atoms with E-state index in [9.17, 15) is 5.11 Å². The lowest BCUT2D eigenvalue weighted by Gasteiger charge is -2.32. The number of rotatable bonds is 7. The van der Waals surface area contributed by atoms with Crippen LogP contribution in [0, 0.1) is 6.92 Å². The molecule has 186 valence electrons. The average molecular weight is 471 g/mol. The number of hydrogen-bond acceptors (Lipinski definition) is 7. The van der Waals surface area contributed by atoms with Gasteiger partial charge in [-0.15, -0.1) is 0 Å². The minimum Gasteiger partial charge on any atom is -0.491 e. The molecule has 2 saturated heterocycles. The van der Waals surface area contributed by atoms with Crippen LogP contribution in [0.5, 0.6) is 5.75 Å². The summed E-state index contributed by atoms with van der Waals surface area (Å²) in [4.78, 5) is 0. The Hall–Kier alpha value is -2.07. The van der Waals surface area contributed by atoms with Gasteiger partial charge < -0.3 is 29.2 Å². The Kier molecular flexibility index (Phi) is 6.77. The molecule has 1 atom stereocenters. The number of benzene rings is 1. The minimum absolute atomic E-state index is 0.0132. The molecule has 0 spiro atoms. The van der Waals surface area contributed by atoms with Gasteiger partial charge in [0.05, 0.1) is 16.8 Å². The predicted octanol–water partition coefficient (Wildman–Crippen LogP) is 4.08. The fourth-order valence-corrected chi connectivity index (χ4v) is 4.06. The van der Waals surface area contributed by atoms with Crippen LogP contribution in [0.15, 0.2) is 24.3 Å². The van der Waals surface area contributed by atoms with Gasteiger partial charge in [0.25, 0.3) is 0 Å². The molecule has 0 saturated carbocycles. The maximum Gasteiger partial charge on any atom is 0.498 e. The van der Waals surface area contributed by atoms with Crippen molar-refractivity contribution in [1.82, 2.24) is 9.78 Å². The molecule has 2 N–H and O–H groups in total. The van der Waals surface area contributed by atoms with Gasteiger partial charge in [-0.2, -0.15) is 5.10 Å². The highest BCUT2D eigenvalue weighted by Gasteiger charge is 2.52. The Morgan fingerprint density at radius 2 is 1.88 bits per heavy atom. The zero-order valence-electron chi connectivity index (χ0n) is 21.5. The van der Waals surface area contributed by atoms with Gasteiger partial charge in [0.2, 0.25) is 0 Å². The monoisotopic (exact) mass is 471 g/mol. The molecule has 0 amide bonds. The SMILES string of the molecule is Cc1cc(Nc2ccc(B3OC(C)(C)C(C)(C)O3)c(OCC(C)(C)O)c2)nn1C1CCCCO1. The molecule has 34 heavy (non-hydrogen) atoms. The second kappa shape index (κ2) is 9.19. The van der Waals surface area contributed by atoms with Crippen LogP contribution in [0.4, 0.5) is 11.5 Å². The van der Waals surface area contributed by atoms with Crippen molar-refractivity contribution in [2.75, 3.05) is 18.5 Å². The van der Waals surface area contributed by atoms with Gasteiger partial charge in [0, 0.05) is 35.6 Å². The van der Waals surface area contributed by atoms with Crippen LogP contribution in [0.3, 0.4) is 0 Å². The van der Waals surface area contributed by atoms with Gasteiger partial charge in [-0.05, 0) is 73.8 Å². The summed E-state index contributed by atoms with van der Waals surface area (Å²) in [6.07, 6.45) is 3.21. The quantitative estimate of drug-likeness (QED) is 0.589. The lowest BCUT2D eigenvalue weighted by Crippen LogP contribution is -2.41. The van der Waals surface area contributed by atoms with E-state index < -0.39 is 23.9 Å². The molecule has 2 aliphatic rings. The van der Waals surface area contributed by atoms with E-state index in [1.54, 1.807) is 13.8 Å². The van der Waals surface area contributed by atoms with Gasteiger partial charge in [0.1, 0.15) is 12.4 Å². The van der Waals surface area contributed by atoms with E-state index in [1.807, 2.05) is 63.6 Å². The highest BCUT2D eigenvalue weighted by molar-refractivity contribution is 6.63. The zero-order chi connectivity index (χ0) is 24.7. The van der Waals surface area contributed by atoms with Crippen molar-refractivity contribution in [2.45, 2.75) is 90.8 Å². The molecule has 0 bridgehead atoms. The van der Waals surface area contributed by atoms with Crippen LogP contribution in [-0.2, 0) is 14.0 Å². The van der Waals surface area contributed by atoms with E-state index in [0.29, 0.717) is 5.75 Å². The number of aliphatic hydroxyl groups is 1. The second-order valence-electron chi connectivity index (χ2n) is 11.0. The number of ether oxygens (including phenoxy) is 2. The molecule has 3 heterocycles. The van der Waals surface area contributed by atoms with E-state index >= 15 is 0 Å². The van der Waals surface area contributed by atoms with Crippen LogP contribution in [0.25, 0.3) is 0 Å². The van der Waals surface area contributed by atoms with E-state index in [1.165, 1.54) is 0 Å². The van der Waals surface area contributed by atoms with Crippen molar-refractivity contribution in [3.8, 4) is 5.75 Å². The highest BCUT2D eigenvalue weighted by Crippen LogP contribution is 2.37. The van der Waals surface area contributed by atoms with Gasteiger partial charge in [-0.25, -0.2) is 4.68 Å². The highest BCUT2D eigenvalue weighted by atomic mass is 16.7. The number of aryl methyl sites for hydroxylation is 1. The molecule has 1 aromatic heterocycles. The second-order valence-corrected chi connectivity index (χ2v) is 11.0. The Labute approximate surface area is 203 Å². The summed E-state index contributed by atoms with van der Waals surface area (Å²) in [5, 5.41) is 18.3. The standard InChI is InChI=1S/C25H38BN3O5/c1-17-14-21(28-29(17)22-10-8-9-13-31-22)27-18-11-12-19(20(15-18)32-16-23(2,3)30)26-33-24(4,5)25(6,7)34-26/h11-12,14-15,22,30H,8-10,13,16H2,1-7H3,(H,27,28). The fourth-order valence-electron chi connectivity index (χ4n) is 4.06. The normalized spacial score (nSPS) is 22.1. The van der Waals surface area contributed by atoms with Crippen molar-refractivity contribution in [3.63, 3.8) is 0 Å². The van der Waals surface area contributed by atoms with Crippen molar-refractivity contribution in [3.05, 3.63) is 30.0 Å². The predicted molar refractivity (Wildman–Crippen MR) is 133 cm³/mol. The topological polar surface area (TPSA) is 87.0 Å². The summed E-state index contributed by atoms with van der Waals surface area (Å²) in [7, 11) is -0.569. The Balaban J connectivity index is 1.58. The summed E-state index contributed by atoms with van der Waals surface area (Å²) < 4.78 is 26.4. The van der Waals surface area contributed by atoms with Crippen LogP contribution in [-0.4, -0.2) is 52.0 Å². The molecular formula is C25H38BN3O5. The summed E-state index contributed by atoms with van der Waals surface area (Å²) >= 11 is 0. The molecule has 2 fully saturated rings. The lowest BCUT2D eigenvalue weighted by molar-refractivity contribution is -0.0404. The van der Waals surface area contributed by atoms with Crippen LogP contribution in [0.1, 0.15) is 72.7 Å². The summed E-state index contributed by atoms with van der Waals surface area (Å²) in [5.41, 5.74) is 0.737. The molecule has 1 unspecified atom stereocenters. The Morgan fingerprint density at radius 3 is 2.50 bits per heavy atom. The molecule has 2 aromatic rings. The van der Waals surface area contributed by atoms with Crippen molar-refractivity contribution < 1.29 is 23.9 Å². The summed E-state index contributed by atoms with van der Waals surface area (Å²) in [6.45, 7) is 14.5. The molecule has 1 aromatic carbocycles. The molecule has 4 rings (SSSR count). The smallest absolute Gasteiger partial charge is 0.491 e. The van der Waals surface area contributed by atoms with Gasteiger partial charge in [0.15, 0.2) is 12.0 Å². The lowest BCUT2D eigenvalue weighted by atomic mass is 9.78. The third-order valence-electron chi connectivity index (χ3n) is 6.72. The third kappa shape index (κ3) is 5.43. The van der Waals surface area contributed by atoms with Gasteiger partial charge in [-0.3, -0.25) is 0 Å². The van der Waals surface area contributed by atoms with E-state index in [0.717, 1.165) is 48.5 Å². The number of nitrogens with zero attached hydrogens (tertiary/aromatic N) is 2. The van der Waals surface area contributed by atoms with E-state index in [2.05, 4.69) is 5.32 Å². The number of anilines is 2. The van der Waals surface area contributed by atoms with Crippen LogP contribution >= 0.6 is 0 Å².